The summed E-state index contributed by atoms with van der Waals surface area (Å²) in [5.74, 6) is 1.18. The molecule has 20 heavy (non-hydrogen) atoms. The molecule has 0 unspecified atom stereocenters. The van der Waals surface area contributed by atoms with Crippen LogP contribution in [0.15, 0.2) is 51.6 Å². The Morgan fingerprint density at radius 3 is 2.65 bits per heavy atom. The summed E-state index contributed by atoms with van der Waals surface area (Å²) in [7, 11) is 0. The maximum Gasteiger partial charge on any atom is 0.409 e. The highest BCUT2D eigenvalue weighted by atomic mass is 16.5. The highest BCUT2D eigenvalue weighted by Gasteiger charge is 2.12. The topological polar surface area (TPSA) is 101 Å². The molecule has 100 valence electrons. The molecular formula is C13H9N3O4. The molecule has 0 atom stereocenters. The van der Waals surface area contributed by atoms with Gasteiger partial charge in [-0.1, -0.05) is 5.16 Å². The Bertz CT molecular complexity index is 716. The monoisotopic (exact) mass is 271 g/mol. The summed E-state index contributed by atoms with van der Waals surface area (Å²) in [6, 6.07) is 10.1. The van der Waals surface area contributed by atoms with Gasteiger partial charge in [0.15, 0.2) is 5.76 Å². The van der Waals surface area contributed by atoms with Crippen LogP contribution in [0, 0.1) is 0 Å². The number of amides is 1. The van der Waals surface area contributed by atoms with Crippen LogP contribution < -0.4 is 5.32 Å². The van der Waals surface area contributed by atoms with Crippen molar-refractivity contribution in [3.8, 4) is 23.0 Å². The van der Waals surface area contributed by atoms with E-state index in [4.69, 9.17) is 14.0 Å². The van der Waals surface area contributed by atoms with Crippen LogP contribution in [0.4, 0.5) is 10.5 Å². The standard InChI is InChI=1S/C13H9N3O4/c17-13(18)14-9-5-3-8(4-6-9)11-15-12(20-16-11)10-2-1-7-19-10/h1-7,14H,(H,17,18). The lowest BCUT2D eigenvalue weighted by Crippen LogP contribution is -2.06. The fraction of sp³-hybridized carbons (Fsp3) is 0. The number of rotatable bonds is 3. The highest BCUT2D eigenvalue weighted by molar-refractivity contribution is 5.83. The third-order valence-electron chi connectivity index (χ3n) is 2.55. The molecular weight excluding hydrogens is 262 g/mol. The number of benzene rings is 1. The van der Waals surface area contributed by atoms with E-state index in [1.54, 1.807) is 36.4 Å². The number of carbonyl (C=O) groups is 1. The zero-order valence-corrected chi connectivity index (χ0v) is 10.1. The van der Waals surface area contributed by atoms with Crippen molar-refractivity contribution in [1.29, 1.82) is 0 Å². The number of nitrogens with zero attached hydrogens (tertiary/aromatic N) is 2. The van der Waals surface area contributed by atoms with E-state index in [2.05, 4.69) is 15.5 Å². The summed E-state index contributed by atoms with van der Waals surface area (Å²) >= 11 is 0. The predicted molar refractivity (Wildman–Crippen MR) is 69.1 cm³/mol. The van der Waals surface area contributed by atoms with Crippen LogP contribution in [-0.2, 0) is 0 Å². The Kier molecular flexibility index (Phi) is 2.92. The number of carboxylic acid groups (broad SMARTS) is 1. The van der Waals surface area contributed by atoms with Gasteiger partial charge >= 0.3 is 6.09 Å². The van der Waals surface area contributed by atoms with Crippen LogP contribution in [0.3, 0.4) is 0 Å². The third-order valence-corrected chi connectivity index (χ3v) is 2.55. The Balaban J connectivity index is 1.84. The van der Waals surface area contributed by atoms with Gasteiger partial charge in [-0.3, -0.25) is 5.32 Å². The summed E-state index contributed by atoms with van der Waals surface area (Å²) < 4.78 is 10.3. The number of anilines is 1. The summed E-state index contributed by atoms with van der Waals surface area (Å²) in [4.78, 5) is 14.7. The van der Waals surface area contributed by atoms with Crippen LogP contribution in [-0.4, -0.2) is 21.3 Å². The average Bonchev–Trinajstić information content (AvgIpc) is 3.10. The fourth-order valence-electron chi connectivity index (χ4n) is 1.67. The highest BCUT2D eigenvalue weighted by Crippen LogP contribution is 2.23. The molecule has 0 aliphatic rings. The molecule has 0 aliphatic heterocycles. The number of hydrogen-bond donors (Lipinski definition) is 2. The summed E-state index contributed by atoms with van der Waals surface area (Å²) in [6.45, 7) is 0. The molecule has 0 radical (unpaired) electrons. The maximum atomic E-state index is 10.5. The lowest BCUT2D eigenvalue weighted by atomic mass is 10.2. The number of nitrogens with one attached hydrogen (secondary N) is 1. The van der Waals surface area contributed by atoms with Crippen molar-refractivity contribution >= 4 is 11.8 Å². The molecule has 0 bridgehead atoms. The first-order valence-corrected chi connectivity index (χ1v) is 5.70. The lowest BCUT2D eigenvalue weighted by molar-refractivity contribution is 0.210. The number of aromatic nitrogens is 2. The van der Waals surface area contributed by atoms with Crippen LogP contribution in [0.1, 0.15) is 0 Å². The van der Waals surface area contributed by atoms with E-state index in [0.29, 0.717) is 22.8 Å². The van der Waals surface area contributed by atoms with Crippen molar-refractivity contribution in [2.45, 2.75) is 0 Å². The van der Waals surface area contributed by atoms with Crippen LogP contribution in [0.25, 0.3) is 23.0 Å². The predicted octanol–water partition coefficient (Wildman–Crippen LogP) is 3.09. The zero-order valence-electron chi connectivity index (χ0n) is 10.1. The molecule has 0 saturated carbocycles. The molecule has 0 fully saturated rings. The molecule has 1 amide bonds. The van der Waals surface area contributed by atoms with E-state index >= 15 is 0 Å². The molecule has 2 heterocycles. The smallest absolute Gasteiger partial charge is 0.409 e. The second-order valence-electron chi connectivity index (χ2n) is 3.91. The molecule has 2 N–H and O–H groups in total. The van der Waals surface area contributed by atoms with E-state index in [0.717, 1.165) is 0 Å². The van der Waals surface area contributed by atoms with Crippen LogP contribution >= 0.6 is 0 Å². The van der Waals surface area contributed by atoms with Crippen LogP contribution in [0.2, 0.25) is 0 Å². The minimum atomic E-state index is -1.11. The van der Waals surface area contributed by atoms with Crippen molar-refractivity contribution in [3.63, 3.8) is 0 Å². The minimum Gasteiger partial charge on any atom is -0.465 e. The maximum absolute atomic E-state index is 10.5. The molecule has 1 aromatic carbocycles. The quantitative estimate of drug-likeness (QED) is 0.759. The van der Waals surface area contributed by atoms with Gasteiger partial charge in [0.1, 0.15) is 0 Å². The van der Waals surface area contributed by atoms with Crippen molar-refractivity contribution in [1.82, 2.24) is 10.1 Å². The molecule has 0 saturated heterocycles. The SMILES string of the molecule is O=C(O)Nc1ccc(-c2noc(-c3ccco3)n2)cc1. The Labute approximate surface area is 112 Å². The number of furan rings is 1. The Morgan fingerprint density at radius 1 is 1.20 bits per heavy atom. The number of hydrogen-bond acceptors (Lipinski definition) is 5. The Hall–Kier alpha value is -3.09. The first kappa shape index (κ1) is 12.0. The van der Waals surface area contributed by atoms with Crippen molar-refractivity contribution in [2.75, 3.05) is 5.32 Å². The molecule has 0 spiro atoms. The molecule has 2 aromatic heterocycles. The fourth-order valence-corrected chi connectivity index (χ4v) is 1.67. The average molecular weight is 271 g/mol. The second kappa shape index (κ2) is 4.88. The van der Waals surface area contributed by atoms with Crippen molar-refractivity contribution in [2.24, 2.45) is 0 Å². The van der Waals surface area contributed by atoms with Gasteiger partial charge in [0, 0.05) is 11.3 Å². The van der Waals surface area contributed by atoms with Gasteiger partial charge < -0.3 is 14.0 Å². The largest absolute Gasteiger partial charge is 0.465 e. The molecule has 7 nitrogen and oxygen atoms in total. The first-order valence-electron chi connectivity index (χ1n) is 5.70. The summed E-state index contributed by atoms with van der Waals surface area (Å²) in [5.41, 5.74) is 1.18. The Morgan fingerprint density at radius 2 is 2.00 bits per heavy atom. The molecule has 3 aromatic rings. The minimum absolute atomic E-state index is 0.290. The van der Waals surface area contributed by atoms with Crippen LogP contribution in [0.5, 0.6) is 0 Å². The van der Waals surface area contributed by atoms with Gasteiger partial charge in [-0.05, 0) is 36.4 Å². The van der Waals surface area contributed by atoms with Gasteiger partial charge in [-0.25, -0.2) is 4.79 Å². The van der Waals surface area contributed by atoms with E-state index in [-0.39, 0.29) is 5.89 Å². The van der Waals surface area contributed by atoms with E-state index < -0.39 is 6.09 Å². The summed E-state index contributed by atoms with van der Waals surface area (Å²) in [5, 5.41) is 14.7. The van der Waals surface area contributed by atoms with Gasteiger partial charge in [-0.2, -0.15) is 4.98 Å². The van der Waals surface area contributed by atoms with E-state index in [1.165, 1.54) is 6.26 Å². The van der Waals surface area contributed by atoms with E-state index in [9.17, 15) is 4.79 Å². The third kappa shape index (κ3) is 2.37. The molecule has 0 aliphatic carbocycles. The first-order chi connectivity index (χ1) is 9.72. The molecule has 7 heteroatoms. The van der Waals surface area contributed by atoms with E-state index in [1.807, 2.05) is 0 Å². The molecule has 3 rings (SSSR count). The van der Waals surface area contributed by atoms with Gasteiger partial charge in [0.05, 0.1) is 6.26 Å². The second-order valence-corrected chi connectivity index (χ2v) is 3.91. The van der Waals surface area contributed by atoms with Gasteiger partial charge in [0.2, 0.25) is 5.82 Å². The van der Waals surface area contributed by atoms with Crippen molar-refractivity contribution < 1.29 is 18.8 Å². The normalized spacial score (nSPS) is 10.4. The van der Waals surface area contributed by atoms with Gasteiger partial charge in [-0.15, -0.1) is 0 Å². The zero-order chi connectivity index (χ0) is 13.9. The summed E-state index contributed by atoms with van der Waals surface area (Å²) in [6.07, 6.45) is 0.406. The van der Waals surface area contributed by atoms with Gasteiger partial charge in [0.25, 0.3) is 5.89 Å². The lowest BCUT2D eigenvalue weighted by Gasteiger charge is -2.00. The van der Waals surface area contributed by atoms with Crippen molar-refractivity contribution in [3.05, 3.63) is 42.7 Å².